The van der Waals surface area contributed by atoms with Crippen LogP contribution in [0.5, 0.6) is 0 Å². The van der Waals surface area contributed by atoms with Crippen LogP contribution in [0.3, 0.4) is 0 Å². The smallest absolute Gasteiger partial charge is 0.410 e. The second kappa shape index (κ2) is 11.4. The molecule has 2 atom stereocenters. The Morgan fingerprint density at radius 1 is 0.919 bits per heavy atom. The lowest BCUT2D eigenvalue weighted by atomic mass is 10.0. The topological polar surface area (TPSA) is 65.1 Å². The number of esters is 1. The molecule has 1 amide bonds. The van der Waals surface area contributed by atoms with Gasteiger partial charge in [0.1, 0.15) is 12.2 Å². The van der Waals surface area contributed by atoms with Crippen LogP contribution in [0.15, 0.2) is 54.6 Å². The minimum absolute atomic E-state index is 0.0599. The Morgan fingerprint density at radius 2 is 1.51 bits per heavy atom. The fourth-order valence-corrected chi connectivity index (χ4v) is 5.46. The molecule has 1 aliphatic heterocycles. The first-order chi connectivity index (χ1) is 17.1. The highest BCUT2D eigenvalue weighted by Crippen LogP contribution is 2.39. The van der Waals surface area contributed by atoms with Gasteiger partial charge in [-0.05, 0) is 62.0 Å². The van der Waals surface area contributed by atoms with E-state index in [0.717, 1.165) is 16.7 Å². The molecule has 6 nitrogen and oxygen atoms in total. The second-order valence-electron chi connectivity index (χ2n) is 12.4. The Kier molecular flexibility index (Phi) is 8.91. The summed E-state index contributed by atoms with van der Waals surface area (Å²) in [6.07, 6.45) is 0.289. The average Bonchev–Trinajstić information content (AvgIpc) is 3.19. The zero-order chi connectivity index (χ0) is 27.4. The summed E-state index contributed by atoms with van der Waals surface area (Å²) in [5.74, 6) is -0.314. The summed E-state index contributed by atoms with van der Waals surface area (Å²) in [7, 11) is -2.02. The van der Waals surface area contributed by atoms with Crippen LogP contribution in [0.1, 0.15) is 53.5 Å². The number of carbonyl (C=O) groups is 2. The highest BCUT2D eigenvalue weighted by Gasteiger charge is 2.44. The van der Waals surface area contributed by atoms with E-state index in [9.17, 15) is 9.59 Å². The number of ether oxygens (including phenoxy) is 2. The molecule has 0 N–H and O–H groups in total. The summed E-state index contributed by atoms with van der Waals surface area (Å²) in [6, 6.07) is 17.8. The first kappa shape index (κ1) is 28.9. The van der Waals surface area contributed by atoms with Gasteiger partial charge in [-0.15, -0.1) is 0 Å². The van der Waals surface area contributed by atoms with E-state index in [1.165, 1.54) is 0 Å². The first-order valence-electron chi connectivity index (χ1n) is 13.1. The highest BCUT2D eigenvalue weighted by molar-refractivity contribution is 6.74. The van der Waals surface area contributed by atoms with Crippen molar-refractivity contribution in [2.45, 2.75) is 90.3 Å². The van der Waals surface area contributed by atoms with Crippen molar-refractivity contribution >= 4 is 20.4 Å². The highest BCUT2D eigenvalue weighted by atomic mass is 28.4. The molecule has 37 heavy (non-hydrogen) atoms. The van der Waals surface area contributed by atoms with E-state index in [1.54, 1.807) is 4.90 Å². The summed E-state index contributed by atoms with van der Waals surface area (Å²) in [5.41, 5.74) is 2.51. The normalized spacial score (nSPS) is 18.5. The monoisotopic (exact) mass is 525 g/mol. The van der Waals surface area contributed by atoms with E-state index in [2.05, 4.69) is 46.0 Å². The zero-order valence-electron chi connectivity index (χ0n) is 23.7. The Morgan fingerprint density at radius 3 is 2.08 bits per heavy atom. The van der Waals surface area contributed by atoms with Crippen molar-refractivity contribution in [2.24, 2.45) is 0 Å². The summed E-state index contributed by atoms with van der Waals surface area (Å²) in [5, 5.41) is 0.0599. The molecule has 0 saturated carbocycles. The lowest BCUT2D eigenvalue weighted by Crippen LogP contribution is -2.45. The van der Waals surface area contributed by atoms with Gasteiger partial charge in [-0.25, -0.2) is 4.79 Å². The third-order valence-corrected chi connectivity index (χ3v) is 11.7. The van der Waals surface area contributed by atoms with E-state index < -0.39 is 20.0 Å². The van der Waals surface area contributed by atoms with E-state index in [1.807, 2.05) is 63.2 Å². The molecule has 0 aliphatic carbocycles. The summed E-state index contributed by atoms with van der Waals surface area (Å²) >= 11 is 0. The molecule has 3 rings (SSSR count). The number of nitrogens with zero attached hydrogens (tertiary/aromatic N) is 1. The van der Waals surface area contributed by atoms with Crippen LogP contribution in [0.25, 0.3) is 11.1 Å². The molecule has 1 aliphatic rings. The largest absolute Gasteiger partial charge is 0.463 e. The Bertz CT molecular complexity index is 1050. The van der Waals surface area contributed by atoms with Crippen LogP contribution in [-0.4, -0.2) is 56.2 Å². The maximum absolute atomic E-state index is 13.0. The number of rotatable bonds is 7. The van der Waals surface area contributed by atoms with Crippen molar-refractivity contribution in [1.29, 1.82) is 0 Å². The van der Waals surface area contributed by atoms with Gasteiger partial charge in [0.25, 0.3) is 0 Å². The van der Waals surface area contributed by atoms with Gasteiger partial charge < -0.3 is 13.9 Å². The number of amides is 1. The van der Waals surface area contributed by atoms with Crippen LogP contribution in [0.4, 0.5) is 4.79 Å². The molecule has 202 valence electrons. The molecule has 1 fully saturated rings. The van der Waals surface area contributed by atoms with Crippen molar-refractivity contribution in [3.8, 4) is 11.1 Å². The number of likely N-dealkylation sites (tertiary alicyclic amines) is 1. The van der Waals surface area contributed by atoms with Gasteiger partial charge in [-0.2, -0.15) is 0 Å². The van der Waals surface area contributed by atoms with Crippen LogP contribution < -0.4 is 0 Å². The number of hydrogen-bond donors (Lipinski definition) is 0. The molecule has 0 spiro atoms. The van der Waals surface area contributed by atoms with Gasteiger partial charge in [-0.1, -0.05) is 75.4 Å². The van der Waals surface area contributed by atoms with E-state index in [0.29, 0.717) is 13.0 Å². The lowest BCUT2D eigenvalue weighted by molar-refractivity contribution is -0.144. The predicted octanol–water partition coefficient (Wildman–Crippen LogP) is 6.84. The van der Waals surface area contributed by atoms with Crippen LogP contribution in [0, 0.1) is 0 Å². The Balaban J connectivity index is 1.62. The van der Waals surface area contributed by atoms with Crippen LogP contribution in [0.2, 0.25) is 18.1 Å². The minimum Gasteiger partial charge on any atom is -0.463 e. The van der Waals surface area contributed by atoms with Gasteiger partial charge in [0.2, 0.25) is 0 Å². The summed E-state index contributed by atoms with van der Waals surface area (Å²) < 4.78 is 17.9. The molecule has 2 aromatic rings. The van der Waals surface area contributed by atoms with Crippen molar-refractivity contribution in [3.05, 3.63) is 60.2 Å². The van der Waals surface area contributed by atoms with Crippen molar-refractivity contribution in [3.63, 3.8) is 0 Å². The van der Waals surface area contributed by atoms with Crippen molar-refractivity contribution < 1.29 is 23.5 Å². The molecular formula is C30H43NO5Si. The second-order valence-corrected chi connectivity index (χ2v) is 17.2. The molecule has 2 aromatic carbocycles. The van der Waals surface area contributed by atoms with Gasteiger partial charge in [0.05, 0.1) is 18.6 Å². The summed E-state index contributed by atoms with van der Waals surface area (Å²) in [4.78, 5) is 27.3. The molecular weight excluding hydrogens is 482 g/mol. The average molecular weight is 526 g/mol. The quantitative estimate of drug-likeness (QED) is 0.292. The molecule has 0 aromatic heterocycles. The molecule has 1 saturated heterocycles. The Labute approximate surface area is 223 Å². The number of benzene rings is 2. The SMILES string of the molecule is CC(C)(C)OC(=O)N1C[C@H](O[Si](C)(C)C(C)(C)C)C[C@H]1COC(=O)Cc1ccc(-c2ccccc2)cc1. The third kappa shape index (κ3) is 8.17. The van der Waals surface area contributed by atoms with Gasteiger partial charge in [0, 0.05) is 6.54 Å². The maximum atomic E-state index is 13.0. The molecule has 1 heterocycles. The molecule has 0 radical (unpaired) electrons. The molecule has 0 unspecified atom stereocenters. The lowest BCUT2D eigenvalue weighted by Gasteiger charge is -2.38. The van der Waals surface area contributed by atoms with Crippen LogP contribution >= 0.6 is 0 Å². The van der Waals surface area contributed by atoms with Gasteiger partial charge in [0.15, 0.2) is 8.32 Å². The van der Waals surface area contributed by atoms with Crippen molar-refractivity contribution in [1.82, 2.24) is 4.90 Å². The minimum atomic E-state index is -2.02. The molecule has 7 heteroatoms. The van der Waals surface area contributed by atoms with E-state index in [-0.39, 0.29) is 36.2 Å². The predicted molar refractivity (Wildman–Crippen MR) is 150 cm³/mol. The Hall–Kier alpha value is -2.64. The molecule has 0 bridgehead atoms. The maximum Gasteiger partial charge on any atom is 0.410 e. The van der Waals surface area contributed by atoms with Gasteiger partial charge in [-0.3, -0.25) is 9.69 Å². The number of hydrogen-bond acceptors (Lipinski definition) is 5. The van der Waals surface area contributed by atoms with E-state index >= 15 is 0 Å². The zero-order valence-corrected chi connectivity index (χ0v) is 24.7. The standard InChI is InChI=1S/C30H43NO5Si/c1-29(2,3)35-28(33)31-20-26(36-37(7,8)30(4,5)6)19-25(31)21-34-27(32)18-22-14-16-24(17-15-22)23-12-10-9-11-13-23/h9-17,25-26H,18-21H2,1-8H3/t25-,26+/m0/s1. The van der Waals surface area contributed by atoms with Gasteiger partial charge >= 0.3 is 12.1 Å². The third-order valence-electron chi connectivity index (χ3n) is 7.12. The number of carbonyl (C=O) groups excluding carboxylic acids is 2. The van der Waals surface area contributed by atoms with E-state index in [4.69, 9.17) is 13.9 Å². The van der Waals surface area contributed by atoms with Crippen molar-refractivity contribution in [2.75, 3.05) is 13.2 Å². The fourth-order valence-electron chi connectivity index (χ4n) is 4.11. The first-order valence-corrected chi connectivity index (χ1v) is 16.0. The van der Waals surface area contributed by atoms with Crippen LogP contribution in [-0.2, 0) is 25.1 Å². The fraction of sp³-hybridized carbons (Fsp3) is 0.533. The summed E-state index contributed by atoms with van der Waals surface area (Å²) in [6.45, 7) is 17.1.